The molecule has 0 radical (unpaired) electrons. The molecule has 2 nitrogen and oxygen atoms in total. The van der Waals surface area contributed by atoms with Crippen LogP contribution < -0.4 is 10.2 Å². The molecule has 1 rings (SSSR count). The molecule has 0 amide bonds. The van der Waals surface area contributed by atoms with Crippen molar-refractivity contribution in [2.75, 3.05) is 18.5 Å². The van der Waals surface area contributed by atoms with Gasteiger partial charge in [0.2, 0.25) is 0 Å². The van der Waals surface area contributed by atoms with Crippen LogP contribution >= 0.6 is 0 Å². The molecule has 0 fully saturated rings. The molecule has 0 saturated carbocycles. The molecule has 0 aliphatic carbocycles. The number of nitrogens with zero attached hydrogens (tertiary/aromatic N) is 1. The standard InChI is InChI=1S/C14H23FN2/c1-5-8-17(11(2)3)14-7-6-13(15)9-12(14)10-16-4/h6-7,9,11,16H,5,8,10H2,1-4H3. The Labute approximate surface area is 104 Å². The molecule has 0 aromatic heterocycles. The lowest BCUT2D eigenvalue weighted by Crippen LogP contribution is -2.32. The van der Waals surface area contributed by atoms with Gasteiger partial charge >= 0.3 is 0 Å². The van der Waals surface area contributed by atoms with Gasteiger partial charge in [-0.3, -0.25) is 0 Å². The summed E-state index contributed by atoms with van der Waals surface area (Å²) in [6.07, 6.45) is 1.09. The van der Waals surface area contributed by atoms with Gasteiger partial charge in [-0.1, -0.05) is 6.92 Å². The van der Waals surface area contributed by atoms with Gasteiger partial charge in [-0.25, -0.2) is 4.39 Å². The van der Waals surface area contributed by atoms with Crippen molar-refractivity contribution in [3.8, 4) is 0 Å². The van der Waals surface area contributed by atoms with Crippen LogP contribution in [-0.2, 0) is 6.54 Å². The summed E-state index contributed by atoms with van der Waals surface area (Å²) in [6.45, 7) is 8.20. The highest BCUT2D eigenvalue weighted by atomic mass is 19.1. The van der Waals surface area contributed by atoms with Crippen LogP contribution in [0.5, 0.6) is 0 Å². The van der Waals surface area contributed by atoms with Crippen LogP contribution in [-0.4, -0.2) is 19.6 Å². The summed E-state index contributed by atoms with van der Waals surface area (Å²) in [7, 11) is 1.88. The Balaban J connectivity index is 3.07. The molecule has 0 heterocycles. The molecule has 96 valence electrons. The fourth-order valence-electron chi connectivity index (χ4n) is 2.06. The monoisotopic (exact) mass is 238 g/mol. The molecule has 0 aliphatic rings. The van der Waals surface area contributed by atoms with E-state index >= 15 is 0 Å². The molecular formula is C14H23FN2. The molecule has 0 aliphatic heterocycles. The zero-order valence-corrected chi connectivity index (χ0v) is 11.3. The quantitative estimate of drug-likeness (QED) is 0.819. The summed E-state index contributed by atoms with van der Waals surface area (Å²) in [5, 5.41) is 3.09. The van der Waals surface area contributed by atoms with Gasteiger partial charge in [0.05, 0.1) is 0 Å². The van der Waals surface area contributed by atoms with Crippen molar-refractivity contribution in [2.24, 2.45) is 0 Å². The zero-order valence-electron chi connectivity index (χ0n) is 11.3. The summed E-state index contributed by atoms with van der Waals surface area (Å²) in [4.78, 5) is 2.33. The lowest BCUT2D eigenvalue weighted by molar-refractivity contribution is 0.619. The Hall–Kier alpha value is -1.09. The van der Waals surface area contributed by atoms with E-state index in [9.17, 15) is 4.39 Å². The summed E-state index contributed by atoms with van der Waals surface area (Å²) in [6, 6.07) is 5.48. The normalized spacial score (nSPS) is 10.9. The minimum absolute atomic E-state index is 0.167. The molecule has 0 atom stereocenters. The van der Waals surface area contributed by atoms with Crippen molar-refractivity contribution in [1.29, 1.82) is 0 Å². The second kappa shape index (κ2) is 6.60. The van der Waals surface area contributed by atoms with E-state index in [1.807, 2.05) is 13.1 Å². The molecule has 1 N–H and O–H groups in total. The molecule has 1 aromatic carbocycles. The number of anilines is 1. The Kier molecular flexibility index (Phi) is 5.42. The molecular weight excluding hydrogens is 215 g/mol. The fourth-order valence-corrected chi connectivity index (χ4v) is 2.06. The fraction of sp³-hybridized carbons (Fsp3) is 0.571. The van der Waals surface area contributed by atoms with E-state index < -0.39 is 0 Å². The minimum Gasteiger partial charge on any atom is -0.369 e. The van der Waals surface area contributed by atoms with Gasteiger partial charge in [0.15, 0.2) is 0 Å². The van der Waals surface area contributed by atoms with E-state index in [0.717, 1.165) is 24.2 Å². The smallest absolute Gasteiger partial charge is 0.123 e. The van der Waals surface area contributed by atoms with E-state index in [-0.39, 0.29) is 5.82 Å². The van der Waals surface area contributed by atoms with Crippen LogP contribution in [0, 0.1) is 5.82 Å². The van der Waals surface area contributed by atoms with Gasteiger partial charge in [0.25, 0.3) is 0 Å². The minimum atomic E-state index is -0.167. The van der Waals surface area contributed by atoms with Crippen LogP contribution in [0.15, 0.2) is 18.2 Å². The van der Waals surface area contributed by atoms with Gasteiger partial charge in [0.1, 0.15) is 5.82 Å². The van der Waals surface area contributed by atoms with Crippen LogP contribution in [0.3, 0.4) is 0 Å². The van der Waals surface area contributed by atoms with E-state index in [1.165, 1.54) is 0 Å². The van der Waals surface area contributed by atoms with Crippen molar-refractivity contribution in [2.45, 2.75) is 39.8 Å². The molecule has 0 spiro atoms. The average molecular weight is 238 g/mol. The van der Waals surface area contributed by atoms with Gasteiger partial charge in [-0.15, -0.1) is 0 Å². The van der Waals surface area contributed by atoms with Crippen LogP contribution in [0.1, 0.15) is 32.8 Å². The number of hydrogen-bond donors (Lipinski definition) is 1. The summed E-state index contributed by atoms with van der Waals surface area (Å²) < 4.78 is 13.3. The highest BCUT2D eigenvalue weighted by Crippen LogP contribution is 2.24. The first-order chi connectivity index (χ1) is 8.10. The Morgan fingerprint density at radius 2 is 2.06 bits per heavy atom. The summed E-state index contributed by atoms with van der Waals surface area (Å²) in [5.74, 6) is -0.167. The lowest BCUT2D eigenvalue weighted by Gasteiger charge is -2.30. The van der Waals surface area contributed by atoms with Crippen molar-refractivity contribution in [3.63, 3.8) is 0 Å². The van der Waals surface area contributed by atoms with E-state index in [2.05, 4.69) is 31.0 Å². The lowest BCUT2D eigenvalue weighted by atomic mass is 10.1. The number of rotatable bonds is 6. The maximum atomic E-state index is 13.3. The zero-order chi connectivity index (χ0) is 12.8. The van der Waals surface area contributed by atoms with Gasteiger partial charge < -0.3 is 10.2 Å². The predicted molar refractivity (Wildman–Crippen MR) is 71.9 cm³/mol. The van der Waals surface area contributed by atoms with Crippen LogP contribution in [0.2, 0.25) is 0 Å². The highest BCUT2D eigenvalue weighted by Gasteiger charge is 2.13. The van der Waals surface area contributed by atoms with E-state index in [0.29, 0.717) is 12.6 Å². The predicted octanol–water partition coefficient (Wildman–Crippen LogP) is 3.17. The van der Waals surface area contributed by atoms with Crippen LogP contribution in [0.4, 0.5) is 10.1 Å². The van der Waals surface area contributed by atoms with Gasteiger partial charge in [0, 0.05) is 24.8 Å². The van der Waals surface area contributed by atoms with Gasteiger partial charge in [-0.05, 0) is 51.1 Å². The molecule has 0 saturated heterocycles. The topological polar surface area (TPSA) is 15.3 Å². The van der Waals surface area contributed by atoms with Crippen LogP contribution in [0.25, 0.3) is 0 Å². The number of nitrogens with one attached hydrogen (secondary N) is 1. The van der Waals surface area contributed by atoms with E-state index in [1.54, 1.807) is 12.1 Å². The summed E-state index contributed by atoms with van der Waals surface area (Å²) >= 11 is 0. The molecule has 17 heavy (non-hydrogen) atoms. The largest absolute Gasteiger partial charge is 0.369 e. The highest BCUT2D eigenvalue weighted by molar-refractivity contribution is 5.54. The Morgan fingerprint density at radius 1 is 1.35 bits per heavy atom. The molecule has 1 aromatic rings. The third-order valence-electron chi connectivity index (χ3n) is 2.81. The van der Waals surface area contributed by atoms with Crippen molar-refractivity contribution >= 4 is 5.69 Å². The molecule has 0 unspecified atom stereocenters. The van der Waals surface area contributed by atoms with Gasteiger partial charge in [-0.2, -0.15) is 0 Å². The first kappa shape index (κ1) is 14.0. The average Bonchev–Trinajstić information content (AvgIpc) is 2.27. The van der Waals surface area contributed by atoms with Crippen molar-refractivity contribution < 1.29 is 4.39 Å². The first-order valence-corrected chi connectivity index (χ1v) is 6.29. The maximum Gasteiger partial charge on any atom is 0.123 e. The third-order valence-corrected chi connectivity index (χ3v) is 2.81. The maximum absolute atomic E-state index is 13.3. The number of halogens is 1. The second-order valence-corrected chi connectivity index (χ2v) is 4.59. The Bertz CT molecular complexity index is 350. The second-order valence-electron chi connectivity index (χ2n) is 4.59. The molecule has 3 heteroatoms. The first-order valence-electron chi connectivity index (χ1n) is 6.29. The Morgan fingerprint density at radius 3 is 2.59 bits per heavy atom. The number of hydrogen-bond acceptors (Lipinski definition) is 2. The molecule has 0 bridgehead atoms. The SMILES string of the molecule is CCCN(c1ccc(F)cc1CNC)C(C)C. The summed E-state index contributed by atoms with van der Waals surface area (Å²) in [5.41, 5.74) is 2.16. The van der Waals surface area contributed by atoms with Crippen molar-refractivity contribution in [1.82, 2.24) is 5.32 Å². The van der Waals surface area contributed by atoms with E-state index in [4.69, 9.17) is 0 Å². The van der Waals surface area contributed by atoms with Crippen molar-refractivity contribution in [3.05, 3.63) is 29.6 Å². The third kappa shape index (κ3) is 3.70. The number of benzene rings is 1.